The van der Waals surface area contributed by atoms with Gasteiger partial charge in [0.2, 0.25) is 5.91 Å². The Morgan fingerprint density at radius 2 is 1.96 bits per heavy atom. The number of carbonyl (C=O) groups is 1. The summed E-state index contributed by atoms with van der Waals surface area (Å²) in [5.74, 6) is -0.426. The van der Waals surface area contributed by atoms with E-state index in [9.17, 15) is 9.18 Å². The minimum absolute atomic E-state index is 0.119. The van der Waals surface area contributed by atoms with Gasteiger partial charge in [0.1, 0.15) is 10.8 Å². The van der Waals surface area contributed by atoms with Crippen LogP contribution in [0.15, 0.2) is 54.0 Å². The molecular formula is C17H14FN3OS. The molecule has 3 rings (SSSR count). The minimum atomic E-state index is -0.306. The largest absolute Gasteiger partial charge is 0.349 e. The lowest BCUT2D eigenvalue weighted by Gasteiger charge is -2.03. The molecule has 116 valence electrons. The Morgan fingerprint density at radius 1 is 1.13 bits per heavy atom. The molecular weight excluding hydrogens is 313 g/mol. The van der Waals surface area contributed by atoms with E-state index in [1.807, 2.05) is 23.6 Å². The monoisotopic (exact) mass is 327 g/mol. The molecule has 0 spiro atoms. The average Bonchev–Trinajstić information content (AvgIpc) is 3.05. The maximum absolute atomic E-state index is 12.8. The van der Waals surface area contributed by atoms with Crippen LogP contribution >= 0.6 is 11.3 Å². The highest BCUT2D eigenvalue weighted by atomic mass is 32.1. The van der Waals surface area contributed by atoms with E-state index >= 15 is 0 Å². The van der Waals surface area contributed by atoms with Crippen LogP contribution in [-0.4, -0.2) is 15.9 Å². The molecule has 0 atom stereocenters. The van der Waals surface area contributed by atoms with Crippen LogP contribution in [0.3, 0.4) is 0 Å². The highest BCUT2D eigenvalue weighted by molar-refractivity contribution is 7.09. The summed E-state index contributed by atoms with van der Waals surface area (Å²) in [7, 11) is 0. The molecule has 3 aromatic rings. The summed E-state index contributed by atoms with van der Waals surface area (Å²) < 4.78 is 12.8. The Balaban J connectivity index is 1.55. The summed E-state index contributed by atoms with van der Waals surface area (Å²) in [5.41, 5.74) is 2.39. The Morgan fingerprint density at radius 3 is 2.70 bits per heavy atom. The molecule has 0 fully saturated rings. The first-order valence-corrected chi connectivity index (χ1v) is 7.95. The summed E-state index contributed by atoms with van der Waals surface area (Å²) in [4.78, 5) is 20.6. The predicted molar refractivity (Wildman–Crippen MR) is 87.3 cm³/mol. The third kappa shape index (κ3) is 4.20. The number of halogens is 1. The van der Waals surface area contributed by atoms with Crippen LogP contribution in [0.25, 0.3) is 11.4 Å². The highest BCUT2D eigenvalue weighted by Gasteiger charge is 2.08. The molecule has 0 aliphatic rings. The summed E-state index contributed by atoms with van der Waals surface area (Å²) >= 11 is 1.48. The first kappa shape index (κ1) is 15.3. The van der Waals surface area contributed by atoms with Crippen molar-refractivity contribution in [3.63, 3.8) is 0 Å². The van der Waals surface area contributed by atoms with Crippen molar-refractivity contribution in [2.24, 2.45) is 0 Å². The number of rotatable bonds is 5. The maximum Gasteiger partial charge on any atom is 0.224 e. The molecule has 0 saturated heterocycles. The molecule has 4 nitrogen and oxygen atoms in total. The van der Waals surface area contributed by atoms with Gasteiger partial charge in [-0.15, -0.1) is 11.3 Å². The van der Waals surface area contributed by atoms with Crippen molar-refractivity contribution < 1.29 is 9.18 Å². The second-order valence-corrected chi connectivity index (χ2v) is 5.86. The Labute approximate surface area is 137 Å². The van der Waals surface area contributed by atoms with Gasteiger partial charge in [-0.05, 0) is 29.8 Å². The highest BCUT2D eigenvalue weighted by Crippen LogP contribution is 2.19. The number of aromatic nitrogens is 2. The molecule has 23 heavy (non-hydrogen) atoms. The first-order chi connectivity index (χ1) is 11.2. The van der Waals surface area contributed by atoms with E-state index < -0.39 is 0 Å². The lowest BCUT2D eigenvalue weighted by Crippen LogP contribution is -2.24. The summed E-state index contributed by atoms with van der Waals surface area (Å²) in [6.45, 7) is 0.373. The predicted octanol–water partition coefficient (Wildman–Crippen LogP) is 3.20. The van der Waals surface area contributed by atoms with Gasteiger partial charge in [-0.3, -0.25) is 9.78 Å². The number of pyridine rings is 1. The second kappa shape index (κ2) is 7.11. The van der Waals surface area contributed by atoms with Crippen LogP contribution in [0.2, 0.25) is 0 Å². The van der Waals surface area contributed by atoms with E-state index in [0.29, 0.717) is 6.54 Å². The van der Waals surface area contributed by atoms with Crippen LogP contribution in [0.5, 0.6) is 0 Å². The third-order valence-electron chi connectivity index (χ3n) is 3.19. The Hall–Kier alpha value is -2.60. The van der Waals surface area contributed by atoms with Crippen LogP contribution in [-0.2, 0) is 17.8 Å². The lowest BCUT2D eigenvalue weighted by molar-refractivity contribution is -0.120. The molecule has 0 aliphatic carbocycles. The molecule has 2 aromatic heterocycles. The van der Waals surface area contributed by atoms with E-state index in [4.69, 9.17) is 0 Å². The number of nitrogens with zero attached hydrogens (tertiary/aromatic N) is 2. The number of thiazole rings is 1. The van der Waals surface area contributed by atoms with Crippen LogP contribution in [0.1, 0.15) is 10.6 Å². The van der Waals surface area contributed by atoms with Crippen molar-refractivity contribution in [1.29, 1.82) is 0 Å². The summed E-state index contributed by atoms with van der Waals surface area (Å²) in [6.07, 6.45) is 1.94. The average molecular weight is 327 g/mol. The molecule has 2 heterocycles. The van der Waals surface area contributed by atoms with Crippen molar-refractivity contribution >= 4 is 17.2 Å². The Kier molecular flexibility index (Phi) is 4.73. The van der Waals surface area contributed by atoms with Crippen LogP contribution in [0.4, 0.5) is 4.39 Å². The minimum Gasteiger partial charge on any atom is -0.349 e. The zero-order valence-corrected chi connectivity index (χ0v) is 13.0. The fourth-order valence-corrected chi connectivity index (χ4v) is 2.78. The number of carbonyl (C=O) groups excluding carboxylic acids is 1. The van der Waals surface area contributed by atoms with Gasteiger partial charge in [0, 0.05) is 11.6 Å². The SMILES string of the molecule is O=C(Cc1ccc(F)cc1)NCc1nc(-c2ccccn2)cs1. The number of nitrogens with one attached hydrogen (secondary N) is 1. The zero-order chi connectivity index (χ0) is 16.1. The fourth-order valence-electron chi connectivity index (χ4n) is 2.05. The first-order valence-electron chi connectivity index (χ1n) is 7.07. The smallest absolute Gasteiger partial charge is 0.224 e. The van der Waals surface area contributed by atoms with Crippen molar-refractivity contribution in [3.8, 4) is 11.4 Å². The van der Waals surface area contributed by atoms with Crippen molar-refractivity contribution in [2.45, 2.75) is 13.0 Å². The molecule has 1 aromatic carbocycles. The van der Waals surface area contributed by atoms with Crippen molar-refractivity contribution in [3.05, 3.63) is 70.4 Å². The number of hydrogen-bond donors (Lipinski definition) is 1. The molecule has 6 heteroatoms. The standard InChI is InChI=1S/C17H14FN3OS/c18-13-6-4-12(5-7-13)9-16(22)20-10-17-21-15(11-23-17)14-3-1-2-8-19-14/h1-8,11H,9-10H2,(H,20,22). The number of benzene rings is 1. The van der Waals surface area contributed by atoms with Gasteiger partial charge in [0.05, 0.1) is 24.4 Å². The van der Waals surface area contributed by atoms with E-state index in [2.05, 4.69) is 15.3 Å². The molecule has 1 amide bonds. The van der Waals surface area contributed by atoms with Crippen LogP contribution < -0.4 is 5.32 Å². The van der Waals surface area contributed by atoms with Crippen molar-refractivity contribution in [2.75, 3.05) is 0 Å². The molecule has 0 saturated carbocycles. The molecule has 0 bridgehead atoms. The summed E-state index contributed by atoms with van der Waals surface area (Å²) in [5, 5.41) is 5.56. The topological polar surface area (TPSA) is 54.9 Å². The number of amides is 1. The maximum atomic E-state index is 12.8. The van der Waals surface area contributed by atoms with Gasteiger partial charge >= 0.3 is 0 Å². The molecule has 0 radical (unpaired) electrons. The zero-order valence-electron chi connectivity index (χ0n) is 12.2. The van der Waals surface area contributed by atoms with Gasteiger partial charge in [0.15, 0.2) is 0 Å². The Bertz CT molecular complexity index is 787. The second-order valence-electron chi connectivity index (χ2n) is 4.92. The third-order valence-corrected chi connectivity index (χ3v) is 4.04. The molecule has 1 N–H and O–H groups in total. The van der Waals surface area contributed by atoms with Gasteiger partial charge < -0.3 is 5.32 Å². The van der Waals surface area contributed by atoms with E-state index in [1.54, 1.807) is 18.3 Å². The van der Waals surface area contributed by atoms with Gasteiger partial charge in [-0.1, -0.05) is 18.2 Å². The molecule has 0 aliphatic heterocycles. The van der Waals surface area contributed by atoms with E-state index in [0.717, 1.165) is 22.0 Å². The van der Waals surface area contributed by atoms with Gasteiger partial charge in [-0.2, -0.15) is 0 Å². The normalized spacial score (nSPS) is 10.5. The molecule has 0 unspecified atom stereocenters. The van der Waals surface area contributed by atoms with E-state index in [-0.39, 0.29) is 18.1 Å². The van der Waals surface area contributed by atoms with Gasteiger partial charge in [0.25, 0.3) is 0 Å². The van der Waals surface area contributed by atoms with Crippen LogP contribution in [0, 0.1) is 5.82 Å². The van der Waals surface area contributed by atoms with Crippen molar-refractivity contribution in [1.82, 2.24) is 15.3 Å². The quantitative estimate of drug-likeness (QED) is 0.783. The summed E-state index contributed by atoms with van der Waals surface area (Å²) in [6, 6.07) is 11.6. The lowest BCUT2D eigenvalue weighted by atomic mass is 10.1. The van der Waals surface area contributed by atoms with E-state index in [1.165, 1.54) is 23.5 Å². The fraction of sp³-hybridized carbons (Fsp3) is 0.118. The number of hydrogen-bond acceptors (Lipinski definition) is 4. The van der Waals surface area contributed by atoms with Gasteiger partial charge in [-0.25, -0.2) is 9.37 Å².